The Morgan fingerprint density at radius 2 is 2.08 bits per heavy atom. The highest BCUT2D eigenvalue weighted by Crippen LogP contribution is 2.27. The number of amides is 1. The third kappa shape index (κ3) is 3.21. The SMILES string of the molecule is COc1ccccc1-c1nc(NC(=O)c2cc(Cl)ccc2F)n[nH]1. The summed E-state index contributed by atoms with van der Waals surface area (Å²) in [4.78, 5) is 16.3. The van der Waals surface area contributed by atoms with Gasteiger partial charge in [-0.15, -0.1) is 5.10 Å². The number of nitrogens with one attached hydrogen (secondary N) is 2. The fourth-order valence-corrected chi connectivity index (χ4v) is 2.29. The van der Waals surface area contributed by atoms with Gasteiger partial charge in [0.2, 0.25) is 5.95 Å². The molecule has 0 bridgehead atoms. The normalized spacial score (nSPS) is 10.5. The zero-order valence-electron chi connectivity index (χ0n) is 12.5. The minimum atomic E-state index is -0.694. The van der Waals surface area contributed by atoms with Crippen LogP contribution in [0, 0.1) is 5.82 Å². The van der Waals surface area contributed by atoms with Gasteiger partial charge in [-0.05, 0) is 30.3 Å². The molecule has 0 aliphatic carbocycles. The number of benzene rings is 2. The van der Waals surface area contributed by atoms with Gasteiger partial charge >= 0.3 is 0 Å². The highest BCUT2D eigenvalue weighted by atomic mass is 35.5. The van der Waals surface area contributed by atoms with Crippen molar-refractivity contribution in [2.45, 2.75) is 0 Å². The zero-order valence-corrected chi connectivity index (χ0v) is 13.3. The van der Waals surface area contributed by atoms with Crippen LogP contribution in [-0.2, 0) is 0 Å². The van der Waals surface area contributed by atoms with Crippen LogP contribution in [-0.4, -0.2) is 28.2 Å². The van der Waals surface area contributed by atoms with Crippen molar-refractivity contribution >= 4 is 23.5 Å². The Balaban J connectivity index is 1.84. The van der Waals surface area contributed by atoms with Crippen LogP contribution in [0.1, 0.15) is 10.4 Å². The molecule has 0 saturated heterocycles. The topological polar surface area (TPSA) is 79.9 Å². The lowest BCUT2D eigenvalue weighted by Gasteiger charge is -2.04. The molecule has 0 fully saturated rings. The quantitative estimate of drug-likeness (QED) is 0.757. The van der Waals surface area contributed by atoms with Crippen molar-refractivity contribution in [3.05, 3.63) is 58.9 Å². The number of ether oxygens (including phenoxy) is 1. The Bertz CT molecular complexity index is 897. The number of aromatic nitrogens is 3. The summed E-state index contributed by atoms with van der Waals surface area (Å²) in [6.07, 6.45) is 0. The van der Waals surface area contributed by atoms with E-state index in [9.17, 15) is 9.18 Å². The lowest BCUT2D eigenvalue weighted by Crippen LogP contribution is -2.14. The smallest absolute Gasteiger partial charge is 0.261 e. The number of hydrogen-bond acceptors (Lipinski definition) is 4. The predicted octanol–water partition coefficient (Wildman–Crippen LogP) is 3.53. The second-order valence-corrected chi connectivity index (χ2v) is 5.22. The maximum Gasteiger partial charge on any atom is 0.261 e. The Morgan fingerprint density at radius 1 is 1.29 bits per heavy atom. The van der Waals surface area contributed by atoms with E-state index in [2.05, 4.69) is 20.5 Å². The molecule has 3 rings (SSSR count). The molecule has 2 N–H and O–H groups in total. The average molecular weight is 347 g/mol. The summed E-state index contributed by atoms with van der Waals surface area (Å²) in [6.45, 7) is 0. The maximum absolute atomic E-state index is 13.7. The van der Waals surface area contributed by atoms with Gasteiger partial charge in [-0.3, -0.25) is 15.2 Å². The molecule has 0 unspecified atom stereocenters. The summed E-state index contributed by atoms with van der Waals surface area (Å²) < 4.78 is 19.0. The highest BCUT2D eigenvalue weighted by Gasteiger charge is 2.16. The van der Waals surface area contributed by atoms with Crippen molar-refractivity contribution in [3.8, 4) is 17.1 Å². The van der Waals surface area contributed by atoms with Crippen LogP contribution in [0.15, 0.2) is 42.5 Å². The largest absolute Gasteiger partial charge is 0.496 e. The van der Waals surface area contributed by atoms with E-state index in [1.807, 2.05) is 12.1 Å². The van der Waals surface area contributed by atoms with Crippen molar-refractivity contribution in [2.24, 2.45) is 0 Å². The van der Waals surface area contributed by atoms with E-state index in [0.29, 0.717) is 17.1 Å². The van der Waals surface area contributed by atoms with Gasteiger partial charge < -0.3 is 4.74 Å². The van der Waals surface area contributed by atoms with E-state index in [0.717, 1.165) is 6.07 Å². The number of aromatic amines is 1. The maximum atomic E-state index is 13.7. The summed E-state index contributed by atoms with van der Waals surface area (Å²) in [5, 5.41) is 9.29. The first-order chi connectivity index (χ1) is 11.6. The first kappa shape index (κ1) is 15.9. The Kier molecular flexibility index (Phi) is 4.43. The van der Waals surface area contributed by atoms with Crippen LogP contribution in [0.2, 0.25) is 5.02 Å². The number of hydrogen-bond donors (Lipinski definition) is 2. The minimum absolute atomic E-state index is 0.0141. The van der Waals surface area contributed by atoms with Gasteiger partial charge in [0, 0.05) is 5.02 Å². The van der Waals surface area contributed by atoms with E-state index in [1.165, 1.54) is 12.1 Å². The van der Waals surface area contributed by atoms with Gasteiger partial charge in [-0.25, -0.2) is 4.39 Å². The third-order valence-electron chi connectivity index (χ3n) is 3.25. The van der Waals surface area contributed by atoms with Crippen LogP contribution in [0.5, 0.6) is 5.75 Å². The lowest BCUT2D eigenvalue weighted by atomic mass is 10.2. The van der Waals surface area contributed by atoms with Gasteiger partial charge in [0.05, 0.1) is 18.2 Å². The zero-order chi connectivity index (χ0) is 17.1. The van der Waals surface area contributed by atoms with Gasteiger partial charge in [0.1, 0.15) is 11.6 Å². The number of methoxy groups -OCH3 is 1. The number of rotatable bonds is 4. The van der Waals surface area contributed by atoms with Crippen LogP contribution in [0.4, 0.5) is 10.3 Å². The van der Waals surface area contributed by atoms with Crippen molar-refractivity contribution in [1.29, 1.82) is 0 Å². The Hall–Kier alpha value is -2.93. The molecule has 1 heterocycles. The molecule has 2 aromatic carbocycles. The summed E-state index contributed by atoms with van der Waals surface area (Å²) in [7, 11) is 1.54. The minimum Gasteiger partial charge on any atom is -0.496 e. The number of H-pyrrole nitrogens is 1. The molecule has 1 aromatic heterocycles. The van der Waals surface area contributed by atoms with Gasteiger partial charge in [0.25, 0.3) is 5.91 Å². The molecule has 1 amide bonds. The Labute approximate surface area is 141 Å². The Morgan fingerprint density at radius 3 is 2.88 bits per heavy atom. The molecule has 8 heteroatoms. The van der Waals surface area contributed by atoms with E-state index in [4.69, 9.17) is 16.3 Å². The monoisotopic (exact) mass is 346 g/mol. The molecule has 0 saturated carbocycles. The number of halogens is 2. The number of carbonyl (C=O) groups is 1. The van der Waals surface area contributed by atoms with E-state index in [-0.39, 0.29) is 16.5 Å². The number of carbonyl (C=O) groups excluding carboxylic acids is 1. The van der Waals surface area contributed by atoms with Crippen LogP contribution in [0.3, 0.4) is 0 Å². The molecule has 0 aliphatic heterocycles. The third-order valence-corrected chi connectivity index (χ3v) is 3.48. The molecule has 6 nitrogen and oxygen atoms in total. The second-order valence-electron chi connectivity index (χ2n) is 4.79. The fourth-order valence-electron chi connectivity index (χ4n) is 2.12. The van der Waals surface area contributed by atoms with Crippen LogP contribution < -0.4 is 10.1 Å². The second kappa shape index (κ2) is 6.67. The number of para-hydroxylation sites is 1. The first-order valence-corrected chi connectivity index (χ1v) is 7.28. The van der Waals surface area contributed by atoms with E-state index >= 15 is 0 Å². The predicted molar refractivity (Wildman–Crippen MR) is 87.7 cm³/mol. The molecule has 122 valence electrons. The standard InChI is InChI=1S/C16H12ClFN4O2/c1-24-13-5-3-2-4-10(13)14-19-16(22-21-14)20-15(23)11-8-9(17)6-7-12(11)18/h2-8H,1H3,(H2,19,20,21,22,23). The van der Waals surface area contributed by atoms with Crippen molar-refractivity contribution in [1.82, 2.24) is 15.2 Å². The van der Waals surface area contributed by atoms with Gasteiger partial charge in [0.15, 0.2) is 5.82 Å². The highest BCUT2D eigenvalue weighted by molar-refractivity contribution is 6.31. The first-order valence-electron chi connectivity index (χ1n) is 6.90. The number of anilines is 1. The average Bonchev–Trinajstić information content (AvgIpc) is 3.05. The molecule has 3 aromatic rings. The number of nitrogens with zero attached hydrogens (tertiary/aromatic N) is 2. The molecule has 0 aliphatic rings. The van der Waals surface area contributed by atoms with Crippen molar-refractivity contribution in [2.75, 3.05) is 12.4 Å². The summed E-state index contributed by atoms with van der Waals surface area (Å²) in [6, 6.07) is 10.9. The van der Waals surface area contributed by atoms with E-state index < -0.39 is 11.7 Å². The molecule has 24 heavy (non-hydrogen) atoms. The van der Waals surface area contributed by atoms with Gasteiger partial charge in [-0.1, -0.05) is 23.7 Å². The van der Waals surface area contributed by atoms with Crippen LogP contribution in [0.25, 0.3) is 11.4 Å². The molecule has 0 radical (unpaired) electrons. The summed E-state index contributed by atoms with van der Waals surface area (Å²) >= 11 is 5.78. The van der Waals surface area contributed by atoms with Crippen molar-refractivity contribution in [3.63, 3.8) is 0 Å². The fraction of sp³-hybridized carbons (Fsp3) is 0.0625. The summed E-state index contributed by atoms with van der Waals surface area (Å²) in [5.74, 6) is -0.347. The lowest BCUT2D eigenvalue weighted by molar-refractivity contribution is 0.102. The van der Waals surface area contributed by atoms with Crippen LogP contribution >= 0.6 is 11.6 Å². The van der Waals surface area contributed by atoms with Gasteiger partial charge in [-0.2, -0.15) is 4.98 Å². The molecular weight excluding hydrogens is 335 g/mol. The van der Waals surface area contributed by atoms with Crippen molar-refractivity contribution < 1.29 is 13.9 Å². The summed E-state index contributed by atoms with van der Waals surface area (Å²) in [5.41, 5.74) is 0.494. The molecular formula is C16H12ClFN4O2. The van der Waals surface area contributed by atoms with E-state index in [1.54, 1.807) is 19.2 Å². The molecule has 0 spiro atoms. The molecule has 0 atom stereocenters.